The van der Waals surface area contributed by atoms with E-state index in [1.807, 2.05) is 25.1 Å². The van der Waals surface area contributed by atoms with Gasteiger partial charge >= 0.3 is 5.97 Å². The monoisotopic (exact) mass is 218 g/mol. The van der Waals surface area contributed by atoms with Crippen LogP contribution in [0.2, 0.25) is 0 Å². The minimum atomic E-state index is -0.787. The molecule has 0 fully saturated rings. The van der Waals surface area contributed by atoms with Crippen LogP contribution in [0.4, 0.5) is 0 Å². The molecule has 0 bridgehead atoms. The molecule has 16 heavy (non-hydrogen) atoms. The van der Waals surface area contributed by atoms with Crippen LogP contribution in [0, 0.1) is 0 Å². The number of hydrogen-bond acceptors (Lipinski definition) is 2. The van der Waals surface area contributed by atoms with Gasteiger partial charge in [0.1, 0.15) is 5.75 Å². The van der Waals surface area contributed by atoms with E-state index in [1.165, 1.54) is 5.56 Å². The molecule has 1 aromatic rings. The number of methoxy groups -OCH3 is 1. The maximum Gasteiger partial charge on any atom is 0.307 e. The van der Waals surface area contributed by atoms with Gasteiger partial charge in [0, 0.05) is 0 Å². The number of ether oxygens (including phenoxy) is 1. The molecule has 0 saturated carbocycles. The molecule has 1 aromatic carbocycles. The van der Waals surface area contributed by atoms with Crippen LogP contribution in [0.1, 0.15) is 24.5 Å². The topological polar surface area (TPSA) is 46.5 Å². The molecule has 1 aliphatic carbocycles. The van der Waals surface area contributed by atoms with Crippen molar-refractivity contribution in [3.8, 4) is 5.75 Å². The summed E-state index contributed by atoms with van der Waals surface area (Å²) < 4.78 is 5.16. The zero-order chi connectivity index (χ0) is 11.7. The fraction of sp³-hybridized carbons (Fsp3) is 0.308. The second-order valence-electron chi connectivity index (χ2n) is 4.03. The number of rotatable bonds is 3. The number of carbonyl (C=O) groups is 1. The highest BCUT2D eigenvalue weighted by atomic mass is 16.5. The summed E-state index contributed by atoms with van der Waals surface area (Å²) in [4.78, 5) is 10.8. The van der Waals surface area contributed by atoms with E-state index in [0.29, 0.717) is 0 Å². The van der Waals surface area contributed by atoms with E-state index in [-0.39, 0.29) is 6.42 Å². The lowest BCUT2D eigenvalue weighted by atomic mass is 10.0. The molecule has 0 saturated heterocycles. The van der Waals surface area contributed by atoms with Gasteiger partial charge in [-0.05, 0) is 42.2 Å². The lowest BCUT2D eigenvalue weighted by molar-refractivity contribution is -0.135. The first-order chi connectivity index (χ1) is 7.61. The van der Waals surface area contributed by atoms with Gasteiger partial charge in [0.25, 0.3) is 0 Å². The highest BCUT2D eigenvalue weighted by molar-refractivity contribution is 5.88. The number of fused-ring (bicyclic) bond motifs is 1. The molecular formula is C13H14O3. The van der Waals surface area contributed by atoms with Crippen molar-refractivity contribution in [1.82, 2.24) is 0 Å². The molecule has 0 atom stereocenters. The van der Waals surface area contributed by atoms with E-state index >= 15 is 0 Å². The summed E-state index contributed by atoms with van der Waals surface area (Å²) in [5.74, 6) is -0.0126. The van der Waals surface area contributed by atoms with Gasteiger partial charge in [-0.1, -0.05) is 11.6 Å². The van der Waals surface area contributed by atoms with Crippen LogP contribution in [-0.2, 0) is 11.2 Å². The van der Waals surface area contributed by atoms with Crippen LogP contribution in [-0.4, -0.2) is 18.2 Å². The highest BCUT2D eigenvalue weighted by Gasteiger charge is 2.21. The van der Waals surface area contributed by atoms with Crippen molar-refractivity contribution in [2.45, 2.75) is 19.8 Å². The third-order valence-electron chi connectivity index (χ3n) is 2.94. The van der Waals surface area contributed by atoms with Crippen LogP contribution in [0.25, 0.3) is 5.57 Å². The minimum absolute atomic E-state index is 0.0893. The summed E-state index contributed by atoms with van der Waals surface area (Å²) in [5.41, 5.74) is 4.29. The Kier molecular flexibility index (Phi) is 2.69. The van der Waals surface area contributed by atoms with E-state index in [9.17, 15) is 4.79 Å². The molecule has 0 radical (unpaired) electrons. The van der Waals surface area contributed by atoms with Gasteiger partial charge in [-0.15, -0.1) is 0 Å². The fourth-order valence-corrected chi connectivity index (χ4v) is 2.14. The zero-order valence-corrected chi connectivity index (χ0v) is 9.41. The summed E-state index contributed by atoms with van der Waals surface area (Å²) in [6, 6.07) is 5.84. The van der Waals surface area contributed by atoms with E-state index in [1.54, 1.807) is 7.11 Å². The normalized spacial score (nSPS) is 13.9. The van der Waals surface area contributed by atoms with Gasteiger partial charge in [0.2, 0.25) is 0 Å². The third-order valence-corrected chi connectivity index (χ3v) is 2.94. The second-order valence-corrected chi connectivity index (χ2v) is 4.03. The van der Waals surface area contributed by atoms with Crippen molar-refractivity contribution in [3.05, 3.63) is 34.9 Å². The molecule has 3 nitrogen and oxygen atoms in total. The first-order valence-electron chi connectivity index (χ1n) is 5.19. The van der Waals surface area contributed by atoms with Gasteiger partial charge < -0.3 is 9.84 Å². The Balaban J connectivity index is 2.42. The third kappa shape index (κ3) is 1.81. The van der Waals surface area contributed by atoms with E-state index in [2.05, 4.69) is 0 Å². The lowest BCUT2D eigenvalue weighted by Gasteiger charge is -2.06. The predicted molar refractivity (Wildman–Crippen MR) is 61.5 cm³/mol. The number of aliphatic carboxylic acids is 1. The molecule has 0 amide bonds. The Morgan fingerprint density at radius 2 is 2.25 bits per heavy atom. The van der Waals surface area contributed by atoms with Crippen LogP contribution in [0.5, 0.6) is 5.75 Å². The number of carboxylic acid groups (broad SMARTS) is 1. The molecule has 1 N–H and O–H groups in total. The van der Waals surface area contributed by atoms with Crippen LogP contribution in [0.3, 0.4) is 0 Å². The van der Waals surface area contributed by atoms with Crippen molar-refractivity contribution in [2.24, 2.45) is 0 Å². The number of hydrogen-bond donors (Lipinski definition) is 1. The Hall–Kier alpha value is -1.77. The summed E-state index contributed by atoms with van der Waals surface area (Å²) in [6.45, 7) is 1.99. The van der Waals surface area contributed by atoms with Gasteiger partial charge in [-0.25, -0.2) is 0 Å². The van der Waals surface area contributed by atoms with Crippen molar-refractivity contribution in [2.75, 3.05) is 7.11 Å². The van der Waals surface area contributed by atoms with E-state index < -0.39 is 5.97 Å². The Bertz CT molecular complexity index is 472. The number of benzene rings is 1. The summed E-state index contributed by atoms with van der Waals surface area (Å²) >= 11 is 0. The average Bonchev–Trinajstić information content (AvgIpc) is 2.54. The SMILES string of the molecule is COc1ccc2c(c1)C(CC(=O)O)=C(C)C2. The van der Waals surface area contributed by atoms with Gasteiger partial charge in [-0.3, -0.25) is 4.79 Å². The first kappa shape index (κ1) is 10.7. The zero-order valence-electron chi connectivity index (χ0n) is 9.41. The summed E-state index contributed by atoms with van der Waals surface area (Å²) in [5, 5.41) is 8.88. The standard InChI is InChI=1S/C13H14O3/c1-8-5-9-3-4-10(16-2)6-12(9)11(8)7-13(14)15/h3-4,6H,5,7H2,1-2H3,(H,14,15). The predicted octanol–water partition coefficient (Wildman–Crippen LogP) is 2.50. The maximum atomic E-state index is 10.8. The second kappa shape index (κ2) is 4.00. The van der Waals surface area contributed by atoms with E-state index in [0.717, 1.165) is 28.9 Å². The number of allylic oxidation sites excluding steroid dienone is 1. The molecule has 0 aliphatic heterocycles. The molecule has 0 unspecified atom stereocenters. The van der Waals surface area contributed by atoms with Gasteiger partial charge in [0.15, 0.2) is 0 Å². The van der Waals surface area contributed by atoms with Crippen molar-refractivity contribution < 1.29 is 14.6 Å². The Morgan fingerprint density at radius 3 is 2.88 bits per heavy atom. The number of carboxylic acids is 1. The van der Waals surface area contributed by atoms with Crippen LogP contribution < -0.4 is 4.74 Å². The van der Waals surface area contributed by atoms with Crippen molar-refractivity contribution in [1.29, 1.82) is 0 Å². The molecule has 0 spiro atoms. The summed E-state index contributed by atoms with van der Waals surface area (Å²) in [6.07, 6.45) is 0.938. The van der Waals surface area contributed by atoms with Crippen LogP contribution >= 0.6 is 0 Å². The highest BCUT2D eigenvalue weighted by Crippen LogP contribution is 2.36. The molecule has 1 aliphatic rings. The minimum Gasteiger partial charge on any atom is -0.497 e. The van der Waals surface area contributed by atoms with Crippen LogP contribution in [0.15, 0.2) is 23.8 Å². The molecule has 2 rings (SSSR count). The lowest BCUT2D eigenvalue weighted by Crippen LogP contribution is -1.97. The first-order valence-corrected chi connectivity index (χ1v) is 5.19. The van der Waals surface area contributed by atoms with Gasteiger partial charge in [-0.2, -0.15) is 0 Å². The van der Waals surface area contributed by atoms with Gasteiger partial charge in [0.05, 0.1) is 13.5 Å². The fourth-order valence-electron chi connectivity index (χ4n) is 2.14. The van der Waals surface area contributed by atoms with Crippen molar-refractivity contribution in [3.63, 3.8) is 0 Å². The largest absolute Gasteiger partial charge is 0.497 e. The average molecular weight is 218 g/mol. The molecule has 0 heterocycles. The molecular weight excluding hydrogens is 204 g/mol. The Morgan fingerprint density at radius 1 is 1.50 bits per heavy atom. The van der Waals surface area contributed by atoms with Crippen molar-refractivity contribution >= 4 is 11.5 Å². The Labute approximate surface area is 94.4 Å². The molecule has 84 valence electrons. The van der Waals surface area contributed by atoms with E-state index in [4.69, 9.17) is 9.84 Å². The molecule has 3 heteroatoms. The summed E-state index contributed by atoms with van der Waals surface area (Å²) in [7, 11) is 1.62. The molecule has 0 aromatic heterocycles. The smallest absolute Gasteiger partial charge is 0.307 e. The quantitative estimate of drug-likeness (QED) is 0.847. The maximum absolute atomic E-state index is 10.8.